The van der Waals surface area contributed by atoms with Crippen molar-refractivity contribution in [1.82, 2.24) is 0 Å². The maximum Gasteiger partial charge on any atom is 0.466 e. The monoisotopic (exact) mass is 308 g/mol. The molecule has 1 rings (SSSR count). The smallest absolute Gasteiger partial charge is 0.303 e. The molecule has 0 amide bonds. The van der Waals surface area contributed by atoms with Crippen LogP contribution in [0.3, 0.4) is 0 Å². The Hall–Kier alpha value is -0.0800. The van der Waals surface area contributed by atoms with Crippen LogP contribution in [-0.4, -0.2) is 29.4 Å². The van der Waals surface area contributed by atoms with E-state index in [9.17, 15) is 0 Å². The van der Waals surface area contributed by atoms with Gasteiger partial charge in [0.1, 0.15) is 0 Å². The molecule has 1 aromatic heterocycles. The van der Waals surface area contributed by atoms with E-state index < -0.39 is 15.6 Å². The third kappa shape index (κ3) is 38.8. The van der Waals surface area contributed by atoms with E-state index in [1.165, 1.54) is 12.0 Å². The summed E-state index contributed by atoms with van der Waals surface area (Å²) in [6, 6.07) is 2.16. The van der Waals surface area contributed by atoms with Crippen molar-refractivity contribution in [3.63, 3.8) is 0 Å². The fourth-order valence-electron chi connectivity index (χ4n) is 0.494. The van der Waals surface area contributed by atoms with Gasteiger partial charge in [-0.1, -0.05) is 6.92 Å². The number of hydrogen-bond acceptors (Lipinski definition) is 3. The summed E-state index contributed by atoms with van der Waals surface area (Å²) in [4.78, 5) is 43.1. The first-order valence-corrected chi connectivity index (χ1v) is 8.08. The van der Waals surface area contributed by atoms with E-state index in [4.69, 9.17) is 38.5 Å². The highest BCUT2D eigenvalue weighted by atomic mass is 32.1. The summed E-state index contributed by atoms with van der Waals surface area (Å²) in [5, 5.41) is 4.29. The number of rotatable bonds is 1. The van der Waals surface area contributed by atoms with Gasteiger partial charge in [0.2, 0.25) is 0 Å². The molecule has 0 aliphatic carbocycles. The van der Waals surface area contributed by atoms with Crippen molar-refractivity contribution in [1.29, 1.82) is 0 Å². The highest BCUT2D eigenvalue weighted by Gasteiger charge is 2.00. The summed E-state index contributed by atoms with van der Waals surface area (Å²) in [5.41, 5.74) is 1.45. The van der Waals surface area contributed by atoms with E-state index in [0.29, 0.717) is 0 Å². The van der Waals surface area contributed by atoms with Gasteiger partial charge < -0.3 is 29.4 Å². The maximum atomic E-state index is 8.88. The zero-order chi connectivity index (χ0) is 14.1. The number of hydrogen-bond donors (Lipinski definition) is 6. The van der Waals surface area contributed by atoms with Crippen LogP contribution in [0.4, 0.5) is 0 Å². The van der Waals surface area contributed by atoms with Crippen LogP contribution in [0.2, 0.25) is 0 Å². The second-order valence-corrected chi connectivity index (χ2v) is 5.34. The SMILES string of the molecule is CCc1ccsc1.O=P(O)(O)O.O=P(O)(O)O. The zero-order valence-electron chi connectivity index (χ0n) is 8.74. The van der Waals surface area contributed by atoms with E-state index in [1.807, 2.05) is 0 Å². The normalized spacial score (nSPS) is 10.8. The van der Waals surface area contributed by atoms with Crippen molar-refractivity contribution in [3.8, 4) is 0 Å². The Labute approximate surface area is 102 Å². The molecule has 0 fully saturated rings. The maximum absolute atomic E-state index is 8.88. The van der Waals surface area contributed by atoms with Crippen LogP contribution in [-0.2, 0) is 15.6 Å². The van der Waals surface area contributed by atoms with Gasteiger partial charge in [-0.2, -0.15) is 11.3 Å². The van der Waals surface area contributed by atoms with Crippen molar-refractivity contribution in [2.24, 2.45) is 0 Å². The van der Waals surface area contributed by atoms with Crippen LogP contribution >= 0.6 is 27.0 Å². The molecule has 0 saturated heterocycles. The number of thiophene rings is 1. The molecule has 0 aliphatic rings. The van der Waals surface area contributed by atoms with Crippen molar-refractivity contribution >= 4 is 27.0 Å². The quantitative estimate of drug-likeness (QED) is 0.408. The van der Waals surface area contributed by atoms with Crippen molar-refractivity contribution in [2.45, 2.75) is 13.3 Å². The molecular weight excluding hydrogens is 294 g/mol. The minimum atomic E-state index is -4.64. The van der Waals surface area contributed by atoms with Gasteiger partial charge >= 0.3 is 15.6 Å². The molecule has 1 aromatic rings. The topological polar surface area (TPSA) is 156 Å². The third-order valence-electron chi connectivity index (χ3n) is 0.988. The fraction of sp³-hybridized carbons (Fsp3) is 0.333. The average molecular weight is 308 g/mol. The molecule has 102 valence electrons. The second-order valence-electron chi connectivity index (χ2n) is 2.51. The Morgan fingerprint density at radius 3 is 1.53 bits per heavy atom. The molecule has 17 heavy (non-hydrogen) atoms. The van der Waals surface area contributed by atoms with Crippen LogP contribution in [0.5, 0.6) is 0 Å². The standard InChI is InChI=1S/C6H8S.2H3O4P/c1-2-6-3-4-7-5-6;2*1-5(2,3)4/h3-5H,2H2,1H3;2*(H3,1,2,3,4). The van der Waals surface area contributed by atoms with Crippen LogP contribution in [0, 0.1) is 0 Å². The molecule has 1 heterocycles. The molecule has 0 atom stereocenters. The lowest BCUT2D eigenvalue weighted by Gasteiger charge is -1.82. The van der Waals surface area contributed by atoms with Gasteiger partial charge in [0.15, 0.2) is 0 Å². The predicted octanol–water partition coefficient (Wildman–Crippen LogP) is 0.453. The molecule has 6 N–H and O–H groups in total. The first-order valence-electron chi connectivity index (χ1n) is 4.01. The van der Waals surface area contributed by atoms with Gasteiger partial charge in [-0.25, -0.2) is 9.13 Å². The van der Waals surface area contributed by atoms with Crippen LogP contribution < -0.4 is 0 Å². The molecule has 11 heteroatoms. The molecule has 0 radical (unpaired) electrons. The summed E-state index contributed by atoms with van der Waals surface area (Å²) < 4.78 is 17.8. The van der Waals surface area contributed by atoms with E-state index >= 15 is 0 Å². The molecule has 0 bridgehead atoms. The molecule has 0 saturated carbocycles. The van der Waals surface area contributed by atoms with Gasteiger partial charge in [0.05, 0.1) is 0 Å². The molecule has 0 aliphatic heterocycles. The Kier molecular flexibility index (Phi) is 10.1. The lowest BCUT2D eigenvalue weighted by molar-refractivity contribution is 0.272. The highest BCUT2D eigenvalue weighted by Crippen LogP contribution is 2.26. The lowest BCUT2D eigenvalue weighted by atomic mass is 10.3. The van der Waals surface area contributed by atoms with Crippen molar-refractivity contribution in [2.75, 3.05) is 0 Å². The molecular formula is C6H14O8P2S. The molecule has 8 nitrogen and oxygen atoms in total. The minimum Gasteiger partial charge on any atom is -0.303 e. The third-order valence-corrected chi connectivity index (χ3v) is 1.72. The van der Waals surface area contributed by atoms with Gasteiger partial charge in [-0.3, -0.25) is 0 Å². The molecule has 0 aromatic carbocycles. The number of aryl methyl sites for hydroxylation is 1. The average Bonchev–Trinajstić information content (AvgIpc) is 2.48. The van der Waals surface area contributed by atoms with Gasteiger partial charge in [-0.15, -0.1) is 0 Å². The summed E-state index contributed by atoms with van der Waals surface area (Å²) in [7, 11) is -9.28. The van der Waals surface area contributed by atoms with Crippen molar-refractivity contribution in [3.05, 3.63) is 22.4 Å². The van der Waals surface area contributed by atoms with E-state index in [0.717, 1.165) is 0 Å². The predicted molar refractivity (Wildman–Crippen MR) is 62.2 cm³/mol. The summed E-state index contributed by atoms with van der Waals surface area (Å²) in [5.74, 6) is 0. The second kappa shape index (κ2) is 8.93. The summed E-state index contributed by atoms with van der Waals surface area (Å²) >= 11 is 1.76. The fourth-order valence-corrected chi connectivity index (χ4v) is 1.25. The van der Waals surface area contributed by atoms with Gasteiger partial charge in [0, 0.05) is 0 Å². The first kappa shape index (κ1) is 19.3. The van der Waals surface area contributed by atoms with Crippen LogP contribution in [0.15, 0.2) is 16.8 Å². The first-order chi connectivity index (χ1) is 7.43. The minimum absolute atomic E-state index is 1.17. The summed E-state index contributed by atoms with van der Waals surface area (Å²) in [6.07, 6.45) is 1.17. The van der Waals surface area contributed by atoms with E-state index in [2.05, 4.69) is 23.8 Å². The van der Waals surface area contributed by atoms with Crippen LogP contribution in [0.25, 0.3) is 0 Å². The number of phosphoric acid groups is 2. The molecule has 0 unspecified atom stereocenters. The van der Waals surface area contributed by atoms with E-state index in [1.54, 1.807) is 11.3 Å². The summed E-state index contributed by atoms with van der Waals surface area (Å²) in [6.45, 7) is 2.17. The van der Waals surface area contributed by atoms with Gasteiger partial charge in [-0.05, 0) is 28.8 Å². The Bertz CT molecular complexity index is 329. The lowest BCUT2D eigenvalue weighted by Crippen LogP contribution is -1.66. The Balaban J connectivity index is 0. The van der Waals surface area contributed by atoms with Gasteiger partial charge in [0.25, 0.3) is 0 Å². The Morgan fingerprint density at radius 1 is 1.06 bits per heavy atom. The zero-order valence-corrected chi connectivity index (χ0v) is 11.3. The molecule has 0 spiro atoms. The van der Waals surface area contributed by atoms with Crippen LogP contribution in [0.1, 0.15) is 12.5 Å². The largest absolute Gasteiger partial charge is 0.466 e. The van der Waals surface area contributed by atoms with Crippen molar-refractivity contribution < 1.29 is 38.5 Å². The van der Waals surface area contributed by atoms with E-state index in [-0.39, 0.29) is 0 Å². The Morgan fingerprint density at radius 2 is 1.41 bits per heavy atom. The highest BCUT2D eigenvalue weighted by molar-refractivity contribution is 7.45.